The Morgan fingerprint density at radius 3 is 2.64 bits per heavy atom. The number of amides is 2. The van der Waals surface area contributed by atoms with E-state index < -0.39 is 17.6 Å². The highest BCUT2D eigenvalue weighted by atomic mass is 79.9. The molecule has 0 aliphatic carbocycles. The number of benzene rings is 3. The lowest BCUT2D eigenvalue weighted by Crippen LogP contribution is -2.54. The molecule has 1 aliphatic heterocycles. The van der Waals surface area contributed by atoms with E-state index in [0.29, 0.717) is 28.8 Å². The molecule has 182 valence electrons. The number of anilines is 1. The predicted molar refractivity (Wildman–Crippen MR) is 146 cm³/mol. The average molecular weight is 565 g/mol. The van der Waals surface area contributed by atoms with E-state index in [1.165, 1.54) is 24.3 Å². The lowest BCUT2D eigenvalue weighted by molar-refractivity contribution is -0.122. The molecule has 1 N–H and O–H groups in total. The van der Waals surface area contributed by atoms with Gasteiger partial charge in [0.2, 0.25) is 0 Å². The molecular formula is C28H22BrFN2O3S. The normalized spacial score (nSPS) is 14.7. The molecule has 0 spiro atoms. The zero-order chi connectivity index (χ0) is 25.8. The summed E-state index contributed by atoms with van der Waals surface area (Å²) in [5, 5.41) is 2.29. The van der Waals surface area contributed by atoms with Gasteiger partial charge in [-0.05, 0) is 88.5 Å². The summed E-state index contributed by atoms with van der Waals surface area (Å²) in [7, 11) is 0. The number of nitrogens with zero attached hydrogens (tertiary/aromatic N) is 1. The number of halogens is 2. The van der Waals surface area contributed by atoms with E-state index in [1.54, 1.807) is 18.2 Å². The Morgan fingerprint density at radius 1 is 1.14 bits per heavy atom. The van der Waals surface area contributed by atoms with Gasteiger partial charge in [0, 0.05) is 0 Å². The van der Waals surface area contributed by atoms with E-state index in [9.17, 15) is 14.0 Å². The van der Waals surface area contributed by atoms with Crippen molar-refractivity contribution in [2.24, 2.45) is 0 Å². The summed E-state index contributed by atoms with van der Waals surface area (Å²) in [6.45, 7) is 6.22. The first-order valence-electron chi connectivity index (χ1n) is 11.1. The lowest BCUT2D eigenvalue weighted by atomic mass is 10.0. The van der Waals surface area contributed by atoms with Gasteiger partial charge in [0.05, 0.1) is 10.2 Å². The number of thiocarbonyl (C=S) groups is 1. The molecule has 0 atom stereocenters. The fraction of sp³-hybridized carbons (Fsp3) is 0.107. The number of allylic oxidation sites excluding steroid dienone is 1. The first kappa shape index (κ1) is 25.5. The van der Waals surface area contributed by atoms with E-state index in [2.05, 4.69) is 33.9 Å². The van der Waals surface area contributed by atoms with Crippen molar-refractivity contribution in [2.45, 2.75) is 20.0 Å². The van der Waals surface area contributed by atoms with Crippen molar-refractivity contribution in [3.8, 4) is 5.75 Å². The summed E-state index contributed by atoms with van der Waals surface area (Å²) in [6.07, 6.45) is 3.70. The molecule has 5 nitrogen and oxygen atoms in total. The number of carbonyl (C=O) groups excluding carboxylic acids is 2. The smallest absolute Gasteiger partial charge is 0.270 e. The highest BCUT2D eigenvalue weighted by Crippen LogP contribution is 2.34. The third-order valence-electron chi connectivity index (χ3n) is 5.48. The zero-order valence-corrected chi connectivity index (χ0v) is 21.8. The van der Waals surface area contributed by atoms with Crippen molar-refractivity contribution < 1.29 is 18.7 Å². The van der Waals surface area contributed by atoms with Gasteiger partial charge in [-0.3, -0.25) is 14.9 Å². The molecule has 0 saturated carbocycles. The number of nitrogens with one attached hydrogen (secondary N) is 1. The molecule has 3 aromatic carbocycles. The van der Waals surface area contributed by atoms with Gasteiger partial charge in [-0.25, -0.2) is 9.29 Å². The second kappa shape index (κ2) is 11.0. The standard InChI is InChI=1S/C28H22BrFN2O3S/c1-3-7-20-13-19(15-22(29)25(20)35-16-18-9-6-8-17(2)12-18)14-21-26(33)31-28(36)32(27(21)34)24-11-5-4-10-23(24)30/h3-6,8-15H,1,7,16H2,2H3,(H,31,33,36)/b21-14+. The van der Waals surface area contributed by atoms with Gasteiger partial charge in [-0.15, -0.1) is 6.58 Å². The van der Waals surface area contributed by atoms with E-state index in [4.69, 9.17) is 17.0 Å². The number of ether oxygens (including phenoxy) is 1. The maximum absolute atomic E-state index is 14.4. The maximum atomic E-state index is 14.4. The van der Waals surface area contributed by atoms with Gasteiger partial charge in [0.15, 0.2) is 5.11 Å². The molecule has 1 heterocycles. The van der Waals surface area contributed by atoms with Gasteiger partial charge in [0.25, 0.3) is 11.8 Å². The van der Waals surface area contributed by atoms with Gasteiger partial charge >= 0.3 is 0 Å². The average Bonchev–Trinajstić information content (AvgIpc) is 2.82. The largest absolute Gasteiger partial charge is 0.487 e. The second-order valence-corrected chi connectivity index (χ2v) is 9.41. The number of para-hydroxylation sites is 1. The van der Waals surface area contributed by atoms with Crippen LogP contribution in [-0.4, -0.2) is 16.9 Å². The topological polar surface area (TPSA) is 58.6 Å². The Labute approximate surface area is 222 Å². The number of hydrogen-bond donors (Lipinski definition) is 1. The molecule has 0 bridgehead atoms. The maximum Gasteiger partial charge on any atom is 0.270 e. The number of carbonyl (C=O) groups is 2. The monoisotopic (exact) mass is 564 g/mol. The van der Waals surface area contributed by atoms with Crippen molar-refractivity contribution in [3.63, 3.8) is 0 Å². The minimum absolute atomic E-state index is 0.0353. The van der Waals surface area contributed by atoms with Crippen LogP contribution in [0.4, 0.5) is 10.1 Å². The third kappa shape index (κ3) is 5.45. The Morgan fingerprint density at radius 2 is 1.92 bits per heavy atom. The highest BCUT2D eigenvalue weighted by Gasteiger charge is 2.35. The number of aryl methyl sites for hydroxylation is 1. The van der Waals surface area contributed by atoms with Crippen molar-refractivity contribution in [3.05, 3.63) is 111 Å². The Bertz CT molecular complexity index is 1420. The molecule has 1 fully saturated rings. The number of hydrogen-bond acceptors (Lipinski definition) is 4. The summed E-state index contributed by atoms with van der Waals surface area (Å²) in [5.41, 5.74) is 3.38. The molecule has 36 heavy (non-hydrogen) atoms. The van der Waals surface area contributed by atoms with Crippen molar-refractivity contribution in [2.75, 3.05) is 4.90 Å². The third-order valence-corrected chi connectivity index (χ3v) is 6.35. The SMILES string of the molecule is C=CCc1cc(/C=C2\C(=O)NC(=S)N(c3ccccc3F)C2=O)cc(Br)c1OCc1cccc(C)c1. The highest BCUT2D eigenvalue weighted by molar-refractivity contribution is 9.10. The Balaban J connectivity index is 1.68. The van der Waals surface area contributed by atoms with Gasteiger partial charge in [-0.2, -0.15) is 0 Å². The van der Waals surface area contributed by atoms with Crippen LogP contribution >= 0.6 is 28.1 Å². The summed E-state index contributed by atoms with van der Waals surface area (Å²) >= 11 is 8.72. The van der Waals surface area contributed by atoms with Crippen LogP contribution in [0.3, 0.4) is 0 Å². The van der Waals surface area contributed by atoms with E-state index in [1.807, 2.05) is 31.2 Å². The minimum Gasteiger partial charge on any atom is -0.487 e. The molecule has 1 aliphatic rings. The van der Waals surface area contributed by atoms with Crippen LogP contribution in [0.15, 0.2) is 83.4 Å². The van der Waals surface area contributed by atoms with Gasteiger partial charge < -0.3 is 4.74 Å². The molecule has 1 saturated heterocycles. The quantitative estimate of drug-likeness (QED) is 0.164. The summed E-state index contributed by atoms with van der Waals surface area (Å²) in [5.74, 6) is -1.35. The van der Waals surface area contributed by atoms with Crippen LogP contribution in [0.5, 0.6) is 5.75 Å². The van der Waals surface area contributed by atoms with Crippen LogP contribution in [0.1, 0.15) is 22.3 Å². The van der Waals surface area contributed by atoms with Crippen molar-refractivity contribution in [1.82, 2.24) is 5.32 Å². The van der Waals surface area contributed by atoms with Crippen molar-refractivity contribution in [1.29, 1.82) is 0 Å². The first-order valence-corrected chi connectivity index (χ1v) is 12.3. The molecule has 4 rings (SSSR count). The van der Waals surface area contributed by atoms with Crippen LogP contribution in [0.2, 0.25) is 0 Å². The molecule has 8 heteroatoms. The lowest BCUT2D eigenvalue weighted by Gasteiger charge is -2.29. The first-order chi connectivity index (χ1) is 17.3. The fourth-order valence-corrected chi connectivity index (χ4v) is 4.77. The Kier molecular flexibility index (Phi) is 7.76. The molecular weight excluding hydrogens is 543 g/mol. The summed E-state index contributed by atoms with van der Waals surface area (Å²) < 4.78 is 21.2. The van der Waals surface area contributed by atoms with Gasteiger partial charge in [-0.1, -0.05) is 48.0 Å². The van der Waals surface area contributed by atoms with Crippen molar-refractivity contribution >= 4 is 56.8 Å². The van der Waals surface area contributed by atoms with Crippen LogP contribution < -0.4 is 15.0 Å². The number of rotatable bonds is 7. The van der Waals surface area contributed by atoms with E-state index in [0.717, 1.165) is 21.6 Å². The fourth-order valence-electron chi connectivity index (χ4n) is 3.86. The van der Waals surface area contributed by atoms with Crippen LogP contribution in [0.25, 0.3) is 6.08 Å². The van der Waals surface area contributed by atoms with Crippen LogP contribution in [0, 0.1) is 12.7 Å². The molecule has 3 aromatic rings. The van der Waals surface area contributed by atoms with E-state index in [-0.39, 0.29) is 16.4 Å². The predicted octanol–water partition coefficient (Wildman–Crippen LogP) is 6.04. The Hall–Kier alpha value is -3.62. The molecule has 0 radical (unpaired) electrons. The second-order valence-electron chi connectivity index (χ2n) is 8.17. The minimum atomic E-state index is -0.713. The zero-order valence-electron chi connectivity index (χ0n) is 19.4. The molecule has 2 amide bonds. The van der Waals surface area contributed by atoms with Crippen LogP contribution in [-0.2, 0) is 22.6 Å². The molecule has 0 unspecified atom stereocenters. The summed E-state index contributed by atoms with van der Waals surface area (Å²) in [6, 6.07) is 17.4. The van der Waals surface area contributed by atoms with Gasteiger partial charge in [0.1, 0.15) is 23.7 Å². The van der Waals surface area contributed by atoms with E-state index >= 15 is 0 Å². The molecule has 0 aromatic heterocycles. The summed E-state index contributed by atoms with van der Waals surface area (Å²) in [4.78, 5) is 26.9.